The van der Waals surface area contributed by atoms with Gasteiger partial charge in [-0.2, -0.15) is 15.3 Å². The average Bonchev–Trinajstić information content (AvgIpc) is 2.86. The molecule has 3 rings (SSSR count). The largest absolute Gasteiger partial charge is 0.268 e. The predicted molar refractivity (Wildman–Crippen MR) is 82.1 cm³/mol. The summed E-state index contributed by atoms with van der Waals surface area (Å²) >= 11 is 0. The third kappa shape index (κ3) is 3.54. The zero-order chi connectivity index (χ0) is 14.7. The van der Waals surface area contributed by atoms with Crippen LogP contribution in [0.1, 0.15) is 27.9 Å². The van der Waals surface area contributed by atoms with Crippen LogP contribution in [-0.4, -0.2) is 20.0 Å². The van der Waals surface area contributed by atoms with Crippen LogP contribution in [0.25, 0.3) is 0 Å². The summed E-state index contributed by atoms with van der Waals surface area (Å²) in [6.45, 7) is 4.83. The van der Waals surface area contributed by atoms with Crippen molar-refractivity contribution in [2.75, 3.05) is 0 Å². The van der Waals surface area contributed by atoms with Crippen molar-refractivity contribution in [3.8, 4) is 0 Å². The molecule has 21 heavy (non-hydrogen) atoms. The van der Waals surface area contributed by atoms with Gasteiger partial charge in [-0.25, -0.2) is 0 Å². The third-order valence-electron chi connectivity index (χ3n) is 3.37. The van der Waals surface area contributed by atoms with E-state index in [4.69, 9.17) is 0 Å². The molecule has 0 saturated carbocycles. The molecule has 2 aromatic heterocycles. The van der Waals surface area contributed by atoms with Gasteiger partial charge in [0.2, 0.25) is 0 Å². The monoisotopic (exact) mass is 278 g/mol. The minimum Gasteiger partial charge on any atom is -0.268 e. The van der Waals surface area contributed by atoms with Crippen LogP contribution < -0.4 is 0 Å². The number of benzene rings is 1. The molecule has 106 valence electrons. The van der Waals surface area contributed by atoms with Crippen LogP contribution >= 0.6 is 0 Å². The van der Waals surface area contributed by atoms with Gasteiger partial charge in [0.1, 0.15) is 0 Å². The first kappa shape index (κ1) is 13.5. The molecule has 0 saturated heterocycles. The van der Waals surface area contributed by atoms with E-state index < -0.39 is 0 Å². The highest BCUT2D eigenvalue weighted by Gasteiger charge is 2.00. The van der Waals surface area contributed by atoms with Gasteiger partial charge in [0.05, 0.1) is 24.6 Å². The molecule has 2 heterocycles. The second-order valence-corrected chi connectivity index (χ2v) is 5.41. The Bertz CT molecular complexity index is 729. The molecular formula is C17H18N4. The van der Waals surface area contributed by atoms with Gasteiger partial charge in [-0.3, -0.25) is 4.68 Å². The van der Waals surface area contributed by atoms with Gasteiger partial charge in [-0.05, 0) is 48.6 Å². The fourth-order valence-electron chi connectivity index (χ4n) is 2.36. The zero-order valence-corrected chi connectivity index (χ0v) is 12.3. The van der Waals surface area contributed by atoms with Crippen LogP contribution in [0.15, 0.2) is 48.9 Å². The van der Waals surface area contributed by atoms with Crippen molar-refractivity contribution < 1.29 is 0 Å². The molecule has 0 radical (unpaired) electrons. The summed E-state index contributed by atoms with van der Waals surface area (Å²) in [6, 6.07) is 10.7. The van der Waals surface area contributed by atoms with Gasteiger partial charge < -0.3 is 0 Å². The Hall–Kier alpha value is -2.49. The summed E-state index contributed by atoms with van der Waals surface area (Å²) in [4.78, 5) is 0. The molecule has 0 fully saturated rings. The van der Waals surface area contributed by atoms with E-state index in [1.165, 1.54) is 22.3 Å². The molecule has 0 aliphatic carbocycles. The Balaban J connectivity index is 1.69. The minimum atomic E-state index is 0.810. The quantitative estimate of drug-likeness (QED) is 0.737. The lowest BCUT2D eigenvalue weighted by molar-refractivity contribution is 0.686. The van der Waals surface area contributed by atoms with Crippen molar-refractivity contribution in [3.63, 3.8) is 0 Å². The summed E-state index contributed by atoms with van der Waals surface area (Å²) in [5.74, 6) is 0. The Labute approximate surface area is 124 Å². The molecule has 0 aliphatic rings. The Kier molecular flexibility index (Phi) is 3.77. The molecule has 0 spiro atoms. The highest BCUT2D eigenvalue weighted by atomic mass is 15.3. The maximum Gasteiger partial charge on any atom is 0.0659 e. The number of aryl methyl sites for hydroxylation is 2. The van der Waals surface area contributed by atoms with Crippen molar-refractivity contribution in [2.45, 2.75) is 26.8 Å². The zero-order valence-electron chi connectivity index (χ0n) is 12.3. The first-order valence-corrected chi connectivity index (χ1v) is 7.04. The van der Waals surface area contributed by atoms with Crippen LogP contribution in [0.3, 0.4) is 0 Å². The van der Waals surface area contributed by atoms with Crippen molar-refractivity contribution in [2.24, 2.45) is 0 Å². The van der Waals surface area contributed by atoms with E-state index in [-0.39, 0.29) is 0 Å². The van der Waals surface area contributed by atoms with Crippen LogP contribution in [-0.2, 0) is 13.0 Å². The van der Waals surface area contributed by atoms with E-state index >= 15 is 0 Å². The van der Waals surface area contributed by atoms with Gasteiger partial charge in [0.25, 0.3) is 0 Å². The summed E-state index contributed by atoms with van der Waals surface area (Å²) < 4.78 is 1.96. The highest BCUT2D eigenvalue weighted by molar-refractivity contribution is 5.28. The maximum atomic E-state index is 4.31. The smallest absolute Gasteiger partial charge is 0.0659 e. The number of aromatic nitrogens is 4. The first-order valence-electron chi connectivity index (χ1n) is 7.04. The SMILES string of the molecule is Cc1cnn(Cc2ccc(Cc3cnnc(C)c3)cc2)c1. The van der Waals surface area contributed by atoms with Crippen LogP contribution in [0.4, 0.5) is 0 Å². The molecule has 4 heteroatoms. The maximum absolute atomic E-state index is 4.31. The second-order valence-electron chi connectivity index (χ2n) is 5.41. The summed E-state index contributed by atoms with van der Waals surface area (Å²) in [5, 5.41) is 12.3. The normalized spacial score (nSPS) is 10.8. The molecule has 4 nitrogen and oxygen atoms in total. The van der Waals surface area contributed by atoms with E-state index in [1.54, 1.807) is 0 Å². The molecule has 0 bridgehead atoms. The van der Waals surface area contributed by atoms with E-state index in [9.17, 15) is 0 Å². The second kappa shape index (κ2) is 5.87. The molecule has 0 unspecified atom stereocenters. The van der Waals surface area contributed by atoms with Crippen LogP contribution in [0.2, 0.25) is 0 Å². The lowest BCUT2D eigenvalue weighted by Crippen LogP contribution is -2.00. The van der Waals surface area contributed by atoms with E-state index in [0.29, 0.717) is 0 Å². The molecule has 3 aromatic rings. The van der Waals surface area contributed by atoms with Crippen LogP contribution in [0.5, 0.6) is 0 Å². The number of nitrogens with zero attached hydrogens (tertiary/aromatic N) is 4. The van der Waals surface area contributed by atoms with Crippen molar-refractivity contribution >= 4 is 0 Å². The van der Waals surface area contributed by atoms with E-state index in [1.807, 2.05) is 24.0 Å². The van der Waals surface area contributed by atoms with Crippen molar-refractivity contribution in [1.82, 2.24) is 20.0 Å². The number of hydrogen-bond donors (Lipinski definition) is 0. The van der Waals surface area contributed by atoms with Gasteiger partial charge in [0, 0.05) is 6.20 Å². The summed E-state index contributed by atoms with van der Waals surface area (Å²) in [5.41, 5.74) is 5.87. The predicted octanol–water partition coefficient (Wildman–Crippen LogP) is 2.93. The Morgan fingerprint density at radius 1 is 0.952 bits per heavy atom. The summed E-state index contributed by atoms with van der Waals surface area (Å²) in [7, 11) is 0. The Morgan fingerprint density at radius 3 is 2.38 bits per heavy atom. The lowest BCUT2D eigenvalue weighted by Gasteiger charge is -2.05. The van der Waals surface area contributed by atoms with Crippen molar-refractivity contribution in [1.29, 1.82) is 0 Å². The van der Waals surface area contributed by atoms with Crippen LogP contribution in [0, 0.1) is 13.8 Å². The molecule has 1 aromatic carbocycles. The van der Waals surface area contributed by atoms with Crippen molar-refractivity contribution in [3.05, 3.63) is 76.9 Å². The van der Waals surface area contributed by atoms with Gasteiger partial charge >= 0.3 is 0 Å². The lowest BCUT2D eigenvalue weighted by atomic mass is 10.0. The highest BCUT2D eigenvalue weighted by Crippen LogP contribution is 2.11. The average molecular weight is 278 g/mol. The fraction of sp³-hybridized carbons (Fsp3) is 0.235. The van der Waals surface area contributed by atoms with E-state index in [2.05, 4.69) is 58.7 Å². The number of hydrogen-bond acceptors (Lipinski definition) is 3. The fourth-order valence-corrected chi connectivity index (χ4v) is 2.36. The summed E-state index contributed by atoms with van der Waals surface area (Å²) in [6.07, 6.45) is 6.65. The molecule has 0 amide bonds. The van der Waals surface area contributed by atoms with Gasteiger partial charge in [-0.15, -0.1) is 0 Å². The first-order chi connectivity index (χ1) is 10.2. The molecule has 0 atom stereocenters. The minimum absolute atomic E-state index is 0.810. The molecular weight excluding hydrogens is 260 g/mol. The number of rotatable bonds is 4. The van der Waals surface area contributed by atoms with Gasteiger partial charge in [-0.1, -0.05) is 24.3 Å². The van der Waals surface area contributed by atoms with E-state index in [0.717, 1.165) is 18.7 Å². The third-order valence-corrected chi connectivity index (χ3v) is 3.37. The van der Waals surface area contributed by atoms with Gasteiger partial charge in [0.15, 0.2) is 0 Å². The Morgan fingerprint density at radius 2 is 1.71 bits per heavy atom. The standard InChI is InChI=1S/C17H18N4/c1-13-9-19-21(11-13)12-16-5-3-15(4-6-16)8-17-7-14(2)20-18-10-17/h3-7,9-11H,8,12H2,1-2H3. The molecule has 0 N–H and O–H groups in total. The topological polar surface area (TPSA) is 43.6 Å². The molecule has 0 aliphatic heterocycles.